The van der Waals surface area contributed by atoms with Crippen LogP contribution in [0.5, 0.6) is 6.01 Å². The topological polar surface area (TPSA) is 51.1 Å². The van der Waals surface area contributed by atoms with Gasteiger partial charge in [-0.1, -0.05) is 5.10 Å². The minimum absolute atomic E-state index is 0.380. The fraction of sp³-hybridized carbons (Fsp3) is 0.700. The quantitative estimate of drug-likeness (QED) is 0.696. The van der Waals surface area contributed by atoms with E-state index in [0.29, 0.717) is 11.9 Å². The highest BCUT2D eigenvalue weighted by Gasteiger charge is 2.39. The van der Waals surface area contributed by atoms with Crippen molar-refractivity contribution in [2.45, 2.75) is 12.3 Å². The fourth-order valence-electron chi connectivity index (χ4n) is 2.68. The Morgan fingerprint density at radius 2 is 2.40 bits per heavy atom. The standard InChI is InChI=1S/C10H14N4O/c1-15-10-12-9(4-11-13-10)8-6-14-3-2-7(8)5-14/h4,7-8H,2-3,5-6H2,1H3/t7-,8-/m0/s1. The molecule has 0 N–H and O–H groups in total. The molecule has 2 bridgehead atoms. The van der Waals surface area contributed by atoms with Crippen LogP contribution in [0.4, 0.5) is 0 Å². The smallest absolute Gasteiger partial charge is 0.335 e. The van der Waals surface area contributed by atoms with E-state index in [9.17, 15) is 0 Å². The average molecular weight is 206 g/mol. The molecule has 1 unspecified atom stereocenters. The monoisotopic (exact) mass is 206 g/mol. The predicted octanol–water partition coefficient (Wildman–Crippen LogP) is 0.299. The molecule has 2 fully saturated rings. The molecule has 1 aromatic heterocycles. The number of hydrogen-bond acceptors (Lipinski definition) is 5. The van der Waals surface area contributed by atoms with E-state index in [1.54, 1.807) is 13.3 Å². The zero-order valence-electron chi connectivity index (χ0n) is 8.76. The van der Waals surface area contributed by atoms with Crippen molar-refractivity contribution in [1.82, 2.24) is 20.1 Å². The Balaban J connectivity index is 1.86. The molecule has 5 nitrogen and oxygen atoms in total. The van der Waals surface area contributed by atoms with Gasteiger partial charge >= 0.3 is 6.01 Å². The highest BCUT2D eigenvalue weighted by Crippen LogP contribution is 2.38. The summed E-state index contributed by atoms with van der Waals surface area (Å²) in [6.45, 7) is 3.58. The molecule has 0 saturated carbocycles. The molecule has 3 atom stereocenters. The molecular formula is C10H14N4O. The lowest BCUT2D eigenvalue weighted by molar-refractivity contribution is 0.335. The highest BCUT2D eigenvalue weighted by molar-refractivity contribution is 5.13. The Labute approximate surface area is 88.5 Å². The van der Waals surface area contributed by atoms with Crippen molar-refractivity contribution in [3.05, 3.63) is 11.9 Å². The van der Waals surface area contributed by atoms with Crippen LogP contribution in [0, 0.1) is 5.92 Å². The van der Waals surface area contributed by atoms with E-state index in [1.165, 1.54) is 19.5 Å². The van der Waals surface area contributed by atoms with Crippen molar-refractivity contribution in [1.29, 1.82) is 0 Å². The zero-order valence-corrected chi connectivity index (χ0v) is 8.76. The molecule has 0 aliphatic carbocycles. The first-order valence-electron chi connectivity index (χ1n) is 5.33. The maximum Gasteiger partial charge on any atom is 0.335 e. The third-order valence-corrected chi connectivity index (χ3v) is 3.45. The van der Waals surface area contributed by atoms with Gasteiger partial charge < -0.3 is 9.64 Å². The number of piperidine rings is 1. The average Bonchev–Trinajstić information content (AvgIpc) is 2.91. The molecule has 5 heteroatoms. The van der Waals surface area contributed by atoms with Gasteiger partial charge in [-0.25, -0.2) is 0 Å². The van der Waals surface area contributed by atoms with Crippen molar-refractivity contribution < 1.29 is 4.74 Å². The summed E-state index contributed by atoms with van der Waals surface area (Å²) >= 11 is 0. The first-order chi connectivity index (χ1) is 7.36. The Bertz CT molecular complexity index is 370. The predicted molar refractivity (Wildman–Crippen MR) is 53.7 cm³/mol. The summed E-state index contributed by atoms with van der Waals surface area (Å²) in [7, 11) is 1.57. The lowest BCUT2D eigenvalue weighted by Crippen LogP contribution is -2.23. The molecule has 0 aromatic carbocycles. The van der Waals surface area contributed by atoms with Crippen LogP contribution >= 0.6 is 0 Å². The van der Waals surface area contributed by atoms with Gasteiger partial charge in [0.1, 0.15) is 0 Å². The summed E-state index contributed by atoms with van der Waals surface area (Å²) in [5, 5.41) is 7.72. The van der Waals surface area contributed by atoms with Crippen molar-refractivity contribution in [2.24, 2.45) is 5.92 Å². The lowest BCUT2D eigenvalue weighted by Gasteiger charge is -2.20. The molecule has 2 saturated heterocycles. The molecule has 0 amide bonds. The van der Waals surface area contributed by atoms with Gasteiger partial charge in [0.05, 0.1) is 19.0 Å². The number of nitrogens with zero attached hydrogens (tertiary/aromatic N) is 4. The van der Waals surface area contributed by atoms with Crippen LogP contribution < -0.4 is 4.74 Å². The number of fused-ring (bicyclic) bond motifs is 2. The minimum atomic E-state index is 0.380. The van der Waals surface area contributed by atoms with E-state index < -0.39 is 0 Å². The van der Waals surface area contributed by atoms with E-state index in [0.717, 1.165) is 18.2 Å². The highest BCUT2D eigenvalue weighted by atomic mass is 16.5. The molecule has 80 valence electrons. The van der Waals surface area contributed by atoms with Gasteiger partial charge in [-0.3, -0.25) is 0 Å². The lowest BCUT2D eigenvalue weighted by atomic mass is 9.90. The van der Waals surface area contributed by atoms with E-state index in [2.05, 4.69) is 20.1 Å². The molecule has 1 aromatic rings. The summed E-state index contributed by atoms with van der Waals surface area (Å²) < 4.78 is 5.00. The van der Waals surface area contributed by atoms with Gasteiger partial charge in [0.25, 0.3) is 0 Å². The van der Waals surface area contributed by atoms with Gasteiger partial charge in [0.2, 0.25) is 0 Å². The number of rotatable bonds is 2. The van der Waals surface area contributed by atoms with Crippen LogP contribution in [-0.4, -0.2) is 46.8 Å². The maximum absolute atomic E-state index is 5.00. The van der Waals surface area contributed by atoms with Crippen molar-refractivity contribution in [3.8, 4) is 6.01 Å². The summed E-state index contributed by atoms with van der Waals surface area (Å²) in [5.74, 6) is 1.29. The van der Waals surface area contributed by atoms with E-state index in [-0.39, 0.29) is 0 Å². The summed E-state index contributed by atoms with van der Waals surface area (Å²) in [4.78, 5) is 6.86. The molecule has 0 radical (unpaired) electrons. The summed E-state index contributed by atoms with van der Waals surface area (Å²) in [6, 6.07) is 0.380. The number of hydrogen-bond donors (Lipinski definition) is 0. The number of aromatic nitrogens is 3. The van der Waals surface area contributed by atoms with Gasteiger partial charge in [0.15, 0.2) is 0 Å². The van der Waals surface area contributed by atoms with Gasteiger partial charge in [0, 0.05) is 19.0 Å². The van der Waals surface area contributed by atoms with E-state index in [4.69, 9.17) is 4.74 Å². The van der Waals surface area contributed by atoms with E-state index >= 15 is 0 Å². The maximum atomic E-state index is 5.00. The molecule has 2 aliphatic rings. The van der Waals surface area contributed by atoms with Crippen molar-refractivity contribution >= 4 is 0 Å². The zero-order chi connectivity index (χ0) is 10.3. The van der Waals surface area contributed by atoms with Crippen molar-refractivity contribution in [3.63, 3.8) is 0 Å². The normalized spacial score (nSPS) is 33.3. The van der Waals surface area contributed by atoms with Gasteiger partial charge in [-0.2, -0.15) is 10.1 Å². The van der Waals surface area contributed by atoms with Crippen LogP contribution in [0.15, 0.2) is 6.20 Å². The Kier molecular flexibility index (Phi) is 2.05. The summed E-state index contributed by atoms with van der Waals surface area (Å²) in [5.41, 5.74) is 1.04. The SMILES string of the molecule is COc1nncc([C@H]2CN3CC[C@H]2C3)n1. The Morgan fingerprint density at radius 1 is 1.47 bits per heavy atom. The van der Waals surface area contributed by atoms with Crippen LogP contribution in [0.2, 0.25) is 0 Å². The molecule has 0 spiro atoms. The van der Waals surface area contributed by atoms with Gasteiger partial charge in [-0.05, 0) is 18.9 Å². The molecular weight excluding hydrogens is 192 g/mol. The first kappa shape index (κ1) is 9.03. The number of methoxy groups -OCH3 is 1. The Hall–Kier alpha value is -1.23. The van der Waals surface area contributed by atoms with Crippen LogP contribution in [-0.2, 0) is 0 Å². The number of ether oxygens (including phenoxy) is 1. The first-order valence-corrected chi connectivity index (χ1v) is 5.33. The minimum Gasteiger partial charge on any atom is -0.466 e. The second kappa shape index (κ2) is 3.41. The third kappa shape index (κ3) is 1.47. The van der Waals surface area contributed by atoms with Gasteiger partial charge in [-0.15, -0.1) is 0 Å². The summed E-state index contributed by atoms with van der Waals surface area (Å²) in [6.07, 6.45) is 3.06. The molecule has 15 heavy (non-hydrogen) atoms. The van der Waals surface area contributed by atoms with E-state index in [1.807, 2.05) is 0 Å². The largest absolute Gasteiger partial charge is 0.466 e. The second-order valence-electron chi connectivity index (χ2n) is 4.28. The molecule has 2 aliphatic heterocycles. The van der Waals surface area contributed by atoms with Crippen molar-refractivity contribution in [2.75, 3.05) is 26.7 Å². The van der Waals surface area contributed by atoms with Crippen LogP contribution in [0.25, 0.3) is 0 Å². The Morgan fingerprint density at radius 3 is 3.07 bits per heavy atom. The van der Waals surface area contributed by atoms with Crippen LogP contribution in [0.1, 0.15) is 18.0 Å². The third-order valence-electron chi connectivity index (χ3n) is 3.45. The van der Waals surface area contributed by atoms with Crippen LogP contribution in [0.3, 0.4) is 0 Å². The fourth-order valence-corrected chi connectivity index (χ4v) is 2.68. The molecule has 3 heterocycles. The molecule has 3 rings (SSSR count). The second-order valence-corrected chi connectivity index (χ2v) is 4.28.